The number of allylic oxidation sites excluding steroid dienone is 1. The monoisotopic (exact) mass is 306 g/mol. The fourth-order valence-corrected chi connectivity index (χ4v) is 2.99. The average Bonchev–Trinajstić information content (AvgIpc) is 2.81. The molecule has 2 rings (SSSR count). The Labute approximate surface area is 131 Å². The Morgan fingerprint density at radius 1 is 1.14 bits per heavy atom. The van der Waals surface area contributed by atoms with Crippen LogP contribution in [0, 0.1) is 0 Å². The highest BCUT2D eigenvalue weighted by Gasteiger charge is 2.28. The van der Waals surface area contributed by atoms with E-state index >= 15 is 0 Å². The zero-order valence-corrected chi connectivity index (χ0v) is 13.6. The molecule has 1 aliphatic rings. The molecule has 0 saturated carbocycles. The van der Waals surface area contributed by atoms with Crippen LogP contribution in [0.25, 0.3) is 0 Å². The van der Waals surface area contributed by atoms with Crippen molar-refractivity contribution in [3.63, 3.8) is 0 Å². The zero-order valence-electron chi connectivity index (χ0n) is 13.6. The quantitative estimate of drug-likeness (QED) is 0.588. The first-order valence-electron chi connectivity index (χ1n) is 7.96. The van der Waals surface area contributed by atoms with Gasteiger partial charge in [-0.15, -0.1) is 6.58 Å². The van der Waals surface area contributed by atoms with Crippen LogP contribution < -0.4 is 21.0 Å². The van der Waals surface area contributed by atoms with Gasteiger partial charge in [0, 0.05) is 20.6 Å². The Hall–Kier alpha value is -1.98. The van der Waals surface area contributed by atoms with Crippen LogP contribution in [-0.4, -0.2) is 29.8 Å². The van der Waals surface area contributed by atoms with Gasteiger partial charge in [0.1, 0.15) is 11.5 Å². The summed E-state index contributed by atoms with van der Waals surface area (Å²) in [6.45, 7) is 5.26. The predicted octanol–water partition coefficient (Wildman–Crippen LogP) is 1.81. The van der Waals surface area contributed by atoms with Crippen molar-refractivity contribution < 1.29 is 0 Å². The van der Waals surface area contributed by atoms with Crippen LogP contribution in [0.2, 0.25) is 0 Å². The number of unbranched alkanes of at least 4 members (excludes halogenated alkanes) is 5. The lowest BCUT2D eigenvalue weighted by molar-refractivity contribution is 0.605. The molecule has 0 saturated heterocycles. The molecule has 0 fully saturated rings. The van der Waals surface area contributed by atoms with Gasteiger partial charge in [0.2, 0.25) is 0 Å². The van der Waals surface area contributed by atoms with Gasteiger partial charge in [0.25, 0.3) is 5.56 Å². The van der Waals surface area contributed by atoms with E-state index in [1.807, 2.05) is 18.0 Å². The smallest absolute Gasteiger partial charge is 0.329 e. The molecule has 0 atom stereocenters. The fourth-order valence-electron chi connectivity index (χ4n) is 2.99. The van der Waals surface area contributed by atoms with Gasteiger partial charge >= 0.3 is 5.69 Å². The van der Waals surface area contributed by atoms with Crippen LogP contribution in [0.1, 0.15) is 38.5 Å². The number of H-pyrrole nitrogens is 1. The first kappa shape index (κ1) is 16.4. The lowest BCUT2D eigenvalue weighted by atomic mass is 10.1. The second kappa shape index (κ2) is 7.33. The maximum atomic E-state index is 12.0. The zero-order chi connectivity index (χ0) is 16.1. The summed E-state index contributed by atoms with van der Waals surface area (Å²) in [5.74, 6) is 0.739. The third-order valence-electron chi connectivity index (χ3n) is 4.17. The highest BCUT2D eigenvalue weighted by atomic mass is 16.2. The summed E-state index contributed by atoms with van der Waals surface area (Å²) in [6, 6.07) is 0. The molecule has 0 bridgehead atoms. The van der Waals surface area contributed by atoms with Crippen molar-refractivity contribution in [1.29, 1.82) is 0 Å². The van der Waals surface area contributed by atoms with E-state index in [4.69, 9.17) is 0 Å². The molecule has 1 aliphatic heterocycles. The van der Waals surface area contributed by atoms with E-state index in [0.29, 0.717) is 12.4 Å². The molecule has 122 valence electrons. The van der Waals surface area contributed by atoms with Crippen molar-refractivity contribution in [3.8, 4) is 0 Å². The van der Waals surface area contributed by atoms with Gasteiger partial charge in [0.15, 0.2) is 0 Å². The maximum absolute atomic E-state index is 12.0. The van der Waals surface area contributed by atoms with Gasteiger partial charge in [-0.1, -0.05) is 25.3 Å². The fraction of sp³-hybridized carbons (Fsp3) is 0.625. The minimum atomic E-state index is -0.353. The average molecular weight is 306 g/mol. The van der Waals surface area contributed by atoms with Crippen molar-refractivity contribution >= 4 is 11.5 Å². The first-order chi connectivity index (χ1) is 10.6. The van der Waals surface area contributed by atoms with Crippen molar-refractivity contribution in [1.82, 2.24) is 9.55 Å². The van der Waals surface area contributed by atoms with Gasteiger partial charge in [-0.05, 0) is 19.3 Å². The third-order valence-corrected chi connectivity index (χ3v) is 4.17. The molecule has 0 aromatic carbocycles. The molecule has 0 aliphatic carbocycles. The van der Waals surface area contributed by atoms with Crippen LogP contribution in [0.4, 0.5) is 11.5 Å². The molecule has 0 radical (unpaired) electrons. The SMILES string of the molecule is C=CCCCCCCCN1CN(C)c2c1n(C)c(=O)[nH]c2=O. The molecular weight excluding hydrogens is 280 g/mol. The molecule has 6 heteroatoms. The van der Waals surface area contributed by atoms with Gasteiger partial charge in [-0.3, -0.25) is 14.3 Å². The third kappa shape index (κ3) is 3.43. The molecule has 6 nitrogen and oxygen atoms in total. The number of aromatic nitrogens is 2. The van der Waals surface area contributed by atoms with E-state index in [9.17, 15) is 9.59 Å². The topological polar surface area (TPSA) is 61.3 Å². The van der Waals surface area contributed by atoms with Crippen molar-refractivity contribution in [3.05, 3.63) is 33.5 Å². The standard InChI is InChI=1S/C16H26N4O2/c1-4-5-6-7-8-9-10-11-20-12-18(2)13-14(21)17-16(22)19(3)15(13)20/h4H,1,5-12H2,2-3H3,(H,17,21,22). The van der Waals surface area contributed by atoms with Crippen LogP contribution in [0.15, 0.2) is 22.2 Å². The van der Waals surface area contributed by atoms with Gasteiger partial charge < -0.3 is 9.80 Å². The second-order valence-electron chi connectivity index (χ2n) is 5.94. The van der Waals surface area contributed by atoms with Crippen LogP contribution >= 0.6 is 0 Å². The van der Waals surface area contributed by atoms with E-state index in [2.05, 4.69) is 16.5 Å². The molecule has 1 aromatic rings. The summed E-state index contributed by atoms with van der Waals surface area (Å²) in [5, 5.41) is 0. The van der Waals surface area contributed by atoms with E-state index in [0.717, 1.165) is 25.2 Å². The number of anilines is 2. The first-order valence-corrected chi connectivity index (χ1v) is 7.96. The molecule has 1 N–H and O–H groups in total. The lowest BCUT2D eigenvalue weighted by Gasteiger charge is -2.20. The Balaban J connectivity index is 1.95. The summed E-state index contributed by atoms with van der Waals surface area (Å²) in [4.78, 5) is 30.1. The molecule has 1 aromatic heterocycles. The largest absolute Gasteiger partial charge is 0.349 e. The normalized spacial score (nSPS) is 13.5. The highest BCUT2D eigenvalue weighted by molar-refractivity contribution is 5.71. The maximum Gasteiger partial charge on any atom is 0.329 e. The molecule has 2 heterocycles. The number of nitrogens with one attached hydrogen (secondary N) is 1. The van der Waals surface area contributed by atoms with Crippen LogP contribution in [0.3, 0.4) is 0 Å². The van der Waals surface area contributed by atoms with E-state index in [1.165, 1.54) is 30.3 Å². The van der Waals surface area contributed by atoms with Gasteiger partial charge in [0.05, 0.1) is 6.67 Å². The summed E-state index contributed by atoms with van der Waals surface area (Å²) in [7, 11) is 3.59. The summed E-state index contributed by atoms with van der Waals surface area (Å²) in [6.07, 6.45) is 8.97. The lowest BCUT2D eigenvalue weighted by Crippen LogP contribution is -2.32. The Bertz CT molecular complexity index is 632. The number of hydrogen-bond acceptors (Lipinski definition) is 4. The number of nitrogens with zero attached hydrogens (tertiary/aromatic N) is 3. The molecule has 0 spiro atoms. The highest BCUT2D eigenvalue weighted by Crippen LogP contribution is 2.29. The number of rotatable bonds is 8. The van der Waals surface area contributed by atoms with Crippen LogP contribution in [0.5, 0.6) is 0 Å². The Kier molecular flexibility index (Phi) is 5.46. The Morgan fingerprint density at radius 2 is 1.82 bits per heavy atom. The second-order valence-corrected chi connectivity index (χ2v) is 5.94. The summed E-state index contributed by atoms with van der Waals surface area (Å²) < 4.78 is 1.53. The van der Waals surface area contributed by atoms with Crippen molar-refractivity contribution in [2.24, 2.45) is 7.05 Å². The molecule has 22 heavy (non-hydrogen) atoms. The molecular formula is C16H26N4O2. The van der Waals surface area contributed by atoms with Crippen LogP contribution in [-0.2, 0) is 7.05 Å². The van der Waals surface area contributed by atoms with Crippen molar-refractivity contribution in [2.75, 3.05) is 30.1 Å². The molecule has 0 amide bonds. The van der Waals surface area contributed by atoms with Crippen molar-refractivity contribution in [2.45, 2.75) is 38.5 Å². The summed E-state index contributed by atoms with van der Waals surface area (Å²) in [5.41, 5.74) is -0.0610. The van der Waals surface area contributed by atoms with Gasteiger partial charge in [-0.25, -0.2) is 4.79 Å². The number of aromatic amines is 1. The minimum Gasteiger partial charge on any atom is -0.349 e. The number of fused-ring (bicyclic) bond motifs is 1. The number of hydrogen-bond donors (Lipinski definition) is 1. The van der Waals surface area contributed by atoms with E-state index < -0.39 is 0 Å². The Morgan fingerprint density at radius 3 is 2.55 bits per heavy atom. The summed E-state index contributed by atoms with van der Waals surface area (Å²) >= 11 is 0. The van der Waals surface area contributed by atoms with E-state index in [1.54, 1.807) is 7.05 Å². The minimum absolute atomic E-state index is 0.299. The van der Waals surface area contributed by atoms with Gasteiger partial charge in [-0.2, -0.15) is 0 Å². The molecule has 0 unspecified atom stereocenters. The van der Waals surface area contributed by atoms with E-state index in [-0.39, 0.29) is 11.2 Å². The predicted molar refractivity (Wildman–Crippen MR) is 90.8 cm³/mol.